The molecular weight excluding hydrogens is 448 g/mol. The van der Waals surface area contributed by atoms with Crippen LogP contribution in [0.25, 0.3) is 0 Å². The molecule has 0 spiro atoms. The lowest BCUT2D eigenvalue weighted by molar-refractivity contribution is -0.144. The molecule has 13 heteroatoms. The summed E-state index contributed by atoms with van der Waals surface area (Å²) in [5.74, 6) is -5.87. The molecular formula is C21H38N6O7. The molecule has 0 aliphatic rings. The second-order valence-electron chi connectivity index (χ2n) is 8.42. The highest BCUT2D eigenvalue weighted by Crippen LogP contribution is 2.12. The van der Waals surface area contributed by atoms with Crippen molar-refractivity contribution in [2.75, 3.05) is 0 Å². The van der Waals surface area contributed by atoms with Crippen LogP contribution in [-0.4, -0.2) is 64.8 Å². The fourth-order valence-electron chi connectivity index (χ4n) is 2.95. The van der Waals surface area contributed by atoms with E-state index in [4.69, 9.17) is 17.2 Å². The summed E-state index contributed by atoms with van der Waals surface area (Å²) in [6, 6.07) is -4.88. The number of nitrogens with two attached hydrogens (primary N) is 3. The molecule has 34 heavy (non-hydrogen) atoms. The van der Waals surface area contributed by atoms with Crippen molar-refractivity contribution in [3.63, 3.8) is 0 Å². The molecule has 0 rings (SSSR count). The molecule has 0 saturated carbocycles. The molecule has 0 aromatic carbocycles. The smallest absolute Gasteiger partial charge is 0.326 e. The average molecular weight is 487 g/mol. The summed E-state index contributed by atoms with van der Waals surface area (Å²) in [5, 5.41) is 16.4. The number of carbonyl (C=O) groups excluding carboxylic acids is 5. The molecule has 6 atom stereocenters. The third-order valence-corrected chi connectivity index (χ3v) is 5.69. The van der Waals surface area contributed by atoms with Crippen LogP contribution in [0.3, 0.4) is 0 Å². The number of rotatable bonds is 16. The first-order valence-electron chi connectivity index (χ1n) is 11.2. The number of hydrogen-bond donors (Lipinski definition) is 7. The lowest BCUT2D eigenvalue weighted by atomic mass is 9.95. The van der Waals surface area contributed by atoms with Crippen molar-refractivity contribution >= 4 is 35.5 Å². The minimum atomic E-state index is -1.63. The van der Waals surface area contributed by atoms with E-state index in [1.54, 1.807) is 13.8 Å². The molecule has 0 bridgehead atoms. The Balaban J connectivity index is 5.68. The fraction of sp³-hybridized carbons (Fsp3) is 0.714. The number of nitrogens with one attached hydrogen (secondary N) is 3. The summed E-state index contributed by atoms with van der Waals surface area (Å²) in [7, 11) is 0. The van der Waals surface area contributed by atoms with Crippen LogP contribution in [0.1, 0.15) is 59.8 Å². The summed E-state index contributed by atoms with van der Waals surface area (Å²) in [5.41, 5.74) is 16.1. The molecule has 0 aromatic heterocycles. The van der Waals surface area contributed by atoms with Gasteiger partial charge in [-0.3, -0.25) is 24.0 Å². The Labute approximate surface area is 198 Å². The van der Waals surface area contributed by atoms with Crippen LogP contribution in [0.2, 0.25) is 0 Å². The number of carboxylic acids is 1. The highest BCUT2D eigenvalue weighted by Gasteiger charge is 2.33. The average Bonchev–Trinajstić information content (AvgIpc) is 2.76. The Hall–Kier alpha value is -3.22. The van der Waals surface area contributed by atoms with E-state index in [2.05, 4.69) is 16.0 Å². The van der Waals surface area contributed by atoms with Crippen molar-refractivity contribution in [1.29, 1.82) is 0 Å². The van der Waals surface area contributed by atoms with Gasteiger partial charge in [-0.2, -0.15) is 0 Å². The van der Waals surface area contributed by atoms with Crippen molar-refractivity contribution in [2.45, 2.75) is 84.0 Å². The predicted molar refractivity (Wildman–Crippen MR) is 123 cm³/mol. The molecule has 0 heterocycles. The van der Waals surface area contributed by atoms with Crippen LogP contribution in [-0.2, 0) is 28.8 Å². The van der Waals surface area contributed by atoms with Crippen molar-refractivity contribution in [3.05, 3.63) is 0 Å². The number of hydrogen-bond acceptors (Lipinski definition) is 7. The van der Waals surface area contributed by atoms with E-state index in [0.717, 1.165) is 0 Å². The van der Waals surface area contributed by atoms with Gasteiger partial charge in [0.1, 0.15) is 18.1 Å². The molecule has 13 nitrogen and oxygen atoms in total. The summed E-state index contributed by atoms with van der Waals surface area (Å²) < 4.78 is 0. The van der Waals surface area contributed by atoms with Crippen molar-refractivity contribution in [1.82, 2.24) is 16.0 Å². The van der Waals surface area contributed by atoms with Gasteiger partial charge in [-0.25, -0.2) is 4.79 Å². The van der Waals surface area contributed by atoms with Gasteiger partial charge in [0.2, 0.25) is 29.5 Å². The van der Waals surface area contributed by atoms with Gasteiger partial charge in [0, 0.05) is 6.42 Å². The molecule has 0 fully saturated rings. The molecule has 194 valence electrons. The minimum absolute atomic E-state index is 0.132. The van der Waals surface area contributed by atoms with Crippen molar-refractivity contribution in [2.24, 2.45) is 29.0 Å². The molecule has 0 radical (unpaired) electrons. The first-order valence-corrected chi connectivity index (χ1v) is 11.2. The summed E-state index contributed by atoms with van der Waals surface area (Å²) in [4.78, 5) is 72.0. The first kappa shape index (κ1) is 30.8. The van der Waals surface area contributed by atoms with Gasteiger partial charge in [-0.1, -0.05) is 40.5 Å². The normalized spacial score (nSPS) is 16.1. The van der Waals surface area contributed by atoms with E-state index in [1.807, 2.05) is 13.8 Å². The van der Waals surface area contributed by atoms with Gasteiger partial charge in [0.05, 0.1) is 12.5 Å². The standard InChI is InChI=1S/C21H38N6O7/c1-5-10(3)16(24)19(31)27-17(11(4)6-2)20(32)25-12(7-8-14(22)28)18(30)26-13(21(33)34)9-15(23)29/h10-13,16-17H,5-9,24H2,1-4H3,(H2,22,28)(H2,23,29)(H,25,32)(H,26,30)(H,27,31)(H,33,34). The van der Waals surface area contributed by atoms with Crippen LogP contribution in [0.5, 0.6) is 0 Å². The fourth-order valence-corrected chi connectivity index (χ4v) is 2.95. The monoisotopic (exact) mass is 486 g/mol. The maximum absolute atomic E-state index is 13.0. The Morgan fingerprint density at radius 3 is 1.74 bits per heavy atom. The third kappa shape index (κ3) is 10.6. The Bertz CT molecular complexity index is 760. The van der Waals surface area contributed by atoms with Gasteiger partial charge in [-0.05, 0) is 18.3 Å². The first-order chi connectivity index (χ1) is 15.7. The van der Waals surface area contributed by atoms with Gasteiger partial charge in [-0.15, -0.1) is 0 Å². The maximum Gasteiger partial charge on any atom is 0.326 e. The minimum Gasteiger partial charge on any atom is -0.480 e. The van der Waals surface area contributed by atoms with Gasteiger partial charge in [0.15, 0.2) is 0 Å². The second-order valence-corrected chi connectivity index (χ2v) is 8.42. The molecule has 0 saturated heterocycles. The quantitative estimate of drug-likeness (QED) is 0.129. The molecule has 0 aliphatic heterocycles. The number of aliphatic carboxylic acids is 1. The van der Waals surface area contributed by atoms with Crippen LogP contribution >= 0.6 is 0 Å². The molecule has 0 aromatic rings. The van der Waals surface area contributed by atoms with Crippen molar-refractivity contribution in [3.8, 4) is 0 Å². The zero-order valence-corrected chi connectivity index (χ0v) is 20.1. The topological polar surface area (TPSA) is 237 Å². The lowest BCUT2D eigenvalue weighted by Crippen LogP contribution is -2.59. The van der Waals surface area contributed by atoms with E-state index in [1.165, 1.54) is 0 Å². The van der Waals surface area contributed by atoms with E-state index in [0.29, 0.717) is 12.8 Å². The number of primary amides is 2. The van der Waals surface area contributed by atoms with E-state index in [-0.39, 0.29) is 24.7 Å². The molecule has 5 amide bonds. The zero-order chi connectivity index (χ0) is 26.6. The van der Waals surface area contributed by atoms with E-state index in [9.17, 15) is 33.9 Å². The van der Waals surface area contributed by atoms with Crippen molar-refractivity contribution < 1.29 is 33.9 Å². The number of amides is 5. The zero-order valence-electron chi connectivity index (χ0n) is 20.1. The molecule has 0 aliphatic carbocycles. The third-order valence-electron chi connectivity index (χ3n) is 5.69. The second kappa shape index (κ2) is 14.8. The van der Waals surface area contributed by atoms with Gasteiger partial charge in [0.25, 0.3) is 0 Å². The molecule has 6 unspecified atom stereocenters. The highest BCUT2D eigenvalue weighted by atomic mass is 16.4. The van der Waals surface area contributed by atoms with Gasteiger partial charge < -0.3 is 38.3 Å². The predicted octanol–water partition coefficient (Wildman–Crippen LogP) is -1.91. The Morgan fingerprint density at radius 2 is 1.29 bits per heavy atom. The maximum atomic E-state index is 13.0. The van der Waals surface area contributed by atoms with Crippen LogP contribution in [0.4, 0.5) is 0 Å². The lowest BCUT2D eigenvalue weighted by Gasteiger charge is -2.28. The van der Waals surface area contributed by atoms with E-state index >= 15 is 0 Å². The number of carbonyl (C=O) groups is 6. The highest BCUT2D eigenvalue weighted by molar-refractivity contribution is 5.95. The van der Waals surface area contributed by atoms with Crippen LogP contribution < -0.4 is 33.2 Å². The Kier molecular flexibility index (Phi) is 13.4. The van der Waals surface area contributed by atoms with Crippen LogP contribution in [0, 0.1) is 11.8 Å². The molecule has 10 N–H and O–H groups in total. The Morgan fingerprint density at radius 1 is 0.765 bits per heavy atom. The summed E-state index contributed by atoms with van der Waals surface area (Å²) in [6.07, 6.45) is -0.0276. The number of carboxylic acid groups (broad SMARTS) is 1. The largest absolute Gasteiger partial charge is 0.480 e. The van der Waals surface area contributed by atoms with E-state index < -0.39 is 66.1 Å². The van der Waals surface area contributed by atoms with Gasteiger partial charge >= 0.3 is 5.97 Å². The SMILES string of the molecule is CCC(C)C(N)C(=O)NC(C(=O)NC(CCC(N)=O)C(=O)NC(CC(N)=O)C(=O)O)C(C)CC. The summed E-state index contributed by atoms with van der Waals surface area (Å²) in [6.45, 7) is 7.22. The summed E-state index contributed by atoms with van der Waals surface area (Å²) >= 11 is 0. The van der Waals surface area contributed by atoms with Crippen LogP contribution in [0.15, 0.2) is 0 Å².